The molecule has 2 aromatic carbocycles. The molecule has 0 bridgehead atoms. The van der Waals surface area contributed by atoms with Gasteiger partial charge in [0.25, 0.3) is 0 Å². The van der Waals surface area contributed by atoms with Crippen LogP contribution in [-0.4, -0.2) is 37.6 Å². The van der Waals surface area contributed by atoms with E-state index in [9.17, 15) is 8.42 Å². The first kappa shape index (κ1) is 16.7. The maximum Gasteiger partial charge on any atom is 0.247 e. The van der Waals surface area contributed by atoms with Gasteiger partial charge in [-0.25, -0.2) is 8.42 Å². The molecule has 0 unspecified atom stereocenters. The summed E-state index contributed by atoms with van der Waals surface area (Å²) in [6.45, 7) is 0.198. The van der Waals surface area contributed by atoms with Crippen LogP contribution in [0.4, 0.5) is 0 Å². The van der Waals surface area contributed by atoms with E-state index in [0.29, 0.717) is 23.6 Å². The molecule has 7 heteroatoms. The first-order chi connectivity index (χ1) is 12.5. The second-order valence-electron chi connectivity index (χ2n) is 6.19. The Morgan fingerprint density at radius 3 is 2.65 bits per heavy atom. The van der Waals surface area contributed by atoms with Gasteiger partial charge in [0.05, 0.1) is 18.0 Å². The molecule has 2 aliphatic rings. The molecule has 2 aliphatic heterocycles. The number of benzene rings is 2. The van der Waals surface area contributed by atoms with Gasteiger partial charge < -0.3 is 9.47 Å². The predicted molar refractivity (Wildman–Crippen MR) is 99.7 cm³/mol. The third-order valence-corrected chi connectivity index (χ3v) is 5.29. The van der Waals surface area contributed by atoms with Gasteiger partial charge in [-0.05, 0) is 23.8 Å². The lowest BCUT2D eigenvalue weighted by molar-refractivity contribution is 0.174. The average Bonchev–Trinajstić information content (AvgIpc) is 3.26. The fraction of sp³-hybridized carbons (Fsp3) is 0.211. The minimum atomic E-state index is -3.47. The van der Waals surface area contributed by atoms with E-state index >= 15 is 0 Å². The molecular weight excluding hydrogens is 352 g/mol. The van der Waals surface area contributed by atoms with Gasteiger partial charge in [0.2, 0.25) is 16.8 Å². The summed E-state index contributed by atoms with van der Waals surface area (Å²) in [5, 5.41) is 4.36. The van der Waals surface area contributed by atoms with Crippen LogP contribution in [0.25, 0.3) is 6.08 Å². The number of ether oxygens (including phenoxy) is 2. The number of nitrogens with zero attached hydrogens (tertiary/aromatic N) is 2. The number of rotatable bonds is 4. The topological polar surface area (TPSA) is 68.2 Å². The number of hydrogen-bond acceptors (Lipinski definition) is 5. The third kappa shape index (κ3) is 3.30. The maximum atomic E-state index is 12.2. The Balaban J connectivity index is 1.62. The molecule has 26 heavy (non-hydrogen) atoms. The fourth-order valence-electron chi connectivity index (χ4n) is 3.01. The molecule has 0 N–H and O–H groups in total. The molecule has 0 spiro atoms. The molecule has 0 radical (unpaired) electrons. The second kappa shape index (κ2) is 6.49. The summed E-state index contributed by atoms with van der Waals surface area (Å²) >= 11 is 0. The van der Waals surface area contributed by atoms with Crippen LogP contribution in [0.3, 0.4) is 0 Å². The highest BCUT2D eigenvalue weighted by molar-refractivity contribution is 7.88. The third-order valence-electron chi connectivity index (χ3n) is 4.26. The standard InChI is InChI=1S/C19H18N2O4S/c1-26(22,23)21-16(9-7-14-5-3-2-4-6-14)12-17(20-21)15-8-10-18-19(11-15)25-13-24-18/h2-11,16H,12-13H2,1H3/b9-7-/t16-/m0/s1. The van der Waals surface area contributed by atoms with E-state index < -0.39 is 10.0 Å². The summed E-state index contributed by atoms with van der Waals surface area (Å²) < 4.78 is 36.2. The van der Waals surface area contributed by atoms with Crippen molar-refractivity contribution in [1.82, 2.24) is 4.41 Å². The molecule has 0 saturated carbocycles. The normalized spacial score (nSPS) is 19.2. The first-order valence-electron chi connectivity index (χ1n) is 8.21. The zero-order valence-electron chi connectivity index (χ0n) is 14.2. The summed E-state index contributed by atoms with van der Waals surface area (Å²) in [5.41, 5.74) is 2.55. The molecule has 2 heterocycles. The van der Waals surface area contributed by atoms with Crippen LogP contribution in [0.1, 0.15) is 17.5 Å². The van der Waals surface area contributed by atoms with E-state index in [0.717, 1.165) is 11.1 Å². The Bertz CT molecular complexity index is 984. The monoisotopic (exact) mass is 370 g/mol. The highest BCUT2D eigenvalue weighted by atomic mass is 32.2. The van der Waals surface area contributed by atoms with E-state index in [2.05, 4.69) is 5.10 Å². The summed E-state index contributed by atoms with van der Waals surface area (Å²) in [7, 11) is -3.47. The summed E-state index contributed by atoms with van der Waals surface area (Å²) in [6, 6.07) is 14.9. The SMILES string of the molecule is CS(=O)(=O)N1N=C(c2ccc3c(c2)OCO3)C[C@@H]1/C=C\c1ccccc1. The van der Waals surface area contributed by atoms with Crippen molar-refractivity contribution in [3.05, 3.63) is 65.7 Å². The molecule has 2 aromatic rings. The van der Waals surface area contributed by atoms with Crippen molar-refractivity contribution in [3.63, 3.8) is 0 Å². The van der Waals surface area contributed by atoms with Gasteiger partial charge in [-0.1, -0.05) is 42.5 Å². The number of fused-ring (bicyclic) bond motifs is 1. The Kier molecular flexibility index (Phi) is 4.16. The Morgan fingerprint density at radius 1 is 1.12 bits per heavy atom. The predicted octanol–water partition coefficient (Wildman–Crippen LogP) is 2.87. The minimum Gasteiger partial charge on any atom is -0.454 e. The molecule has 6 nitrogen and oxygen atoms in total. The lowest BCUT2D eigenvalue weighted by Gasteiger charge is -2.17. The van der Waals surface area contributed by atoms with Crippen molar-refractivity contribution in [1.29, 1.82) is 0 Å². The Labute approximate surface area is 152 Å². The zero-order valence-corrected chi connectivity index (χ0v) is 15.0. The molecule has 0 aromatic heterocycles. The molecular formula is C19H18N2O4S. The van der Waals surface area contributed by atoms with Crippen LogP contribution >= 0.6 is 0 Å². The fourth-order valence-corrected chi connectivity index (χ4v) is 3.89. The van der Waals surface area contributed by atoms with Crippen LogP contribution in [0.15, 0.2) is 59.7 Å². The molecule has 1 atom stereocenters. The van der Waals surface area contributed by atoms with Crippen molar-refractivity contribution < 1.29 is 17.9 Å². The van der Waals surface area contributed by atoms with Crippen LogP contribution in [0, 0.1) is 0 Å². The van der Waals surface area contributed by atoms with Crippen LogP contribution in [-0.2, 0) is 10.0 Å². The minimum absolute atomic E-state index is 0.198. The molecule has 134 valence electrons. The van der Waals surface area contributed by atoms with Gasteiger partial charge in [-0.3, -0.25) is 0 Å². The van der Waals surface area contributed by atoms with E-state index in [1.165, 1.54) is 10.7 Å². The lowest BCUT2D eigenvalue weighted by Crippen LogP contribution is -2.30. The van der Waals surface area contributed by atoms with Gasteiger partial charge in [-0.2, -0.15) is 9.52 Å². The van der Waals surface area contributed by atoms with Crippen LogP contribution < -0.4 is 9.47 Å². The summed E-state index contributed by atoms with van der Waals surface area (Å²) in [6.07, 6.45) is 5.46. The van der Waals surface area contributed by atoms with E-state index in [1.54, 1.807) is 0 Å². The van der Waals surface area contributed by atoms with Gasteiger partial charge in [-0.15, -0.1) is 0 Å². The average molecular weight is 370 g/mol. The van der Waals surface area contributed by atoms with Crippen molar-refractivity contribution in [3.8, 4) is 11.5 Å². The van der Waals surface area contributed by atoms with Crippen LogP contribution in [0.2, 0.25) is 0 Å². The van der Waals surface area contributed by atoms with Gasteiger partial charge in [0.1, 0.15) is 0 Å². The van der Waals surface area contributed by atoms with Crippen molar-refractivity contribution >= 4 is 21.8 Å². The van der Waals surface area contributed by atoms with E-state index in [4.69, 9.17) is 9.47 Å². The molecule has 0 aliphatic carbocycles. The van der Waals surface area contributed by atoms with Gasteiger partial charge in [0, 0.05) is 12.0 Å². The van der Waals surface area contributed by atoms with Crippen LogP contribution in [0.5, 0.6) is 11.5 Å². The highest BCUT2D eigenvalue weighted by Crippen LogP contribution is 2.34. The highest BCUT2D eigenvalue weighted by Gasteiger charge is 2.32. The largest absolute Gasteiger partial charge is 0.454 e. The molecule has 4 rings (SSSR count). The summed E-state index contributed by atoms with van der Waals surface area (Å²) in [4.78, 5) is 0. The second-order valence-corrected chi connectivity index (χ2v) is 8.03. The Hall–Kier alpha value is -2.80. The van der Waals surface area contributed by atoms with Gasteiger partial charge >= 0.3 is 0 Å². The number of hydrazone groups is 1. The molecule has 0 fully saturated rings. The number of hydrogen-bond donors (Lipinski definition) is 0. The maximum absolute atomic E-state index is 12.2. The quantitative estimate of drug-likeness (QED) is 0.830. The van der Waals surface area contributed by atoms with Crippen molar-refractivity contribution in [2.24, 2.45) is 5.10 Å². The van der Waals surface area contributed by atoms with Crippen molar-refractivity contribution in [2.75, 3.05) is 13.0 Å². The van der Waals surface area contributed by atoms with E-state index in [1.807, 2.05) is 60.7 Å². The van der Waals surface area contributed by atoms with Crippen molar-refractivity contribution in [2.45, 2.75) is 12.5 Å². The van der Waals surface area contributed by atoms with E-state index in [-0.39, 0.29) is 12.8 Å². The Morgan fingerprint density at radius 2 is 1.88 bits per heavy atom. The zero-order chi connectivity index (χ0) is 18.1. The smallest absolute Gasteiger partial charge is 0.247 e. The lowest BCUT2D eigenvalue weighted by atomic mass is 10.0. The summed E-state index contributed by atoms with van der Waals surface area (Å²) in [5.74, 6) is 1.34. The number of sulfonamides is 1. The first-order valence-corrected chi connectivity index (χ1v) is 10.1. The van der Waals surface area contributed by atoms with Gasteiger partial charge in [0.15, 0.2) is 11.5 Å². The molecule has 0 amide bonds. The molecule has 0 saturated heterocycles.